The molecule has 1 amide bonds. The number of piperazine rings is 1. The summed E-state index contributed by atoms with van der Waals surface area (Å²) >= 11 is 0. The van der Waals surface area contributed by atoms with Gasteiger partial charge in [-0.05, 0) is 63.7 Å². The number of carbonyl (C=O) groups is 2. The van der Waals surface area contributed by atoms with E-state index in [4.69, 9.17) is 4.74 Å². The van der Waals surface area contributed by atoms with E-state index < -0.39 is 0 Å². The summed E-state index contributed by atoms with van der Waals surface area (Å²) in [4.78, 5) is 30.9. The fourth-order valence-corrected chi connectivity index (χ4v) is 4.63. The van der Waals surface area contributed by atoms with E-state index in [0.717, 1.165) is 65.0 Å². The molecule has 30 heavy (non-hydrogen) atoms. The van der Waals surface area contributed by atoms with Gasteiger partial charge in [0.25, 0.3) is 0 Å². The van der Waals surface area contributed by atoms with Crippen molar-refractivity contribution in [1.29, 1.82) is 0 Å². The second kappa shape index (κ2) is 11.3. The lowest BCUT2D eigenvalue weighted by Crippen LogP contribution is -2.48. The van der Waals surface area contributed by atoms with Gasteiger partial charge in [-0.15, -0.1) is 0 Å². The average molecular weight is 416 g/mol. The molecule has 0 N–H and O–H groups in total. The zero-order valence-electron chi connectivity index (χ0n) is 18.6. The number of hydrogen-bond acceptors (Lipinski definition) is 5. The Morgan fingerprint density at radius 3 is 2.30 bits per heavy atom. The van der Waals surface area contributed by atoms with Crippen LogP contribution >= 0.6 is 0 Å². The van der Waals surface area contributed by atoms with Gasteiger partial charge in [0.1, 0.15) is 0 Å². The molecule has 2 fully saturated rings. The molecule has 0 bridgehead atoms. The van der Waals surface area contributed by atoms with Gasteiger partial charge in [0, 0.05) is 50.7 Å². The van der Waals surface area contributed by atoms with Gasteiger partial charge < -0.3 is 19.4 Å². The van der Waals surface area contributed by atoms with Gasteiger partial charge in [-0.3, -0.25) is 9.59 Å². The van der Waals surface area contributed by atoms with Crippen LogP contribution in [0.5, 0.6) is 0 Å². The molecule has 0 spiro atoms. The number of methoxy groups -OCH3 is 1. The third-order valence-electron chi connectivity index (χ3n) is 6.79. The van der Waals surface area contributed by atoms with Crippen molar-refractivity contribution in [2.24, 2.45) is 5.92 Å². The van der Waals surface area contributed by atoms with E-state index in [1.54, 1.807) is 0 Å². The van der Waals surface area contributed by atoms with Crippen molar-refractivity contribution in [3.8, 4) is 0 Å². The van der Waals surface area contributed by atoms with Gasteiger partial charge >= 0.3 is 5.97 Å². The first-order valence-corrected chi connectivity index (χ1v) is 11.5. The SMILES string of the molecule is COC(=O)CC[C@@H](C)N1CCC(CCC(=O)N2CCN(c3ccccc3)CC2)CC1. The number of ether oxygens (including phenoxy) is 1. The molecule has 0 aromatic heterocycles. The predicted octanol–water partition coefficient (Wildman–Crippen LogP) is 3.17. The van der Waals surface area contributed by atoms with Crippen LogP contribution in [0.25, 0.3) is 0 Å². The van der Waals surface area contributed by atoms with Gasteiger partial charge in [-0.25, -0.2) is 0 Å². The highest BCUT2D eigenvalue weighted by Crippen LogP contribution is 2.25. The molecule has 1 aromatic carbocycles. The highest BCUT2D eigenvalue weighted by molar-refractivity contribution is 5.76. The number of benzene rings is 1. The fraction of sp³-hybridized carbons (Fsp3) is 0.667. The minimum Gasteiger partial charge on any atom is -0.469 e. The lowest BCUT2D eigenvalue weighted by Gasteiger charge is -2.37. The second-order valence-electron chi connectivity index (χ2n) is 8.69. The molecule has 0 aliphatic carbocycles. The number of nitrogens with zero attached hydrogens (tertiary/aromatic N) is 3. The van der Waals surface area contributed by atoms with Crippen molar-refractivity contribution >= 4 is 17.6 Å². The highest BCUT2D eigenvalue weighted by atomic mass is 16.5. The van der Waals surface area contributed by atoms with E-state index in [0.29, 0.717) is 30.7 Å². The van der Waals surface area contributed by atoms with Crippen LogP contribution < -0.4 is 4.90 Å². The Hall–Kier alpha value is -2.08. The molecule has 0 unspecified atom stereocenters. The van der Waals surface area contributed by atoms with Gasteiger partial charge in [0.05, 0.1) is 7.11 Å². The fourth-order valence-electron chi connectivity index (χ4n) is 4.63. The Labute approximate surface area is 181 Å². The van der Waals surface area contributed by atoms with E-state index in [-0.39, 0.29) is 5.97 Å². The lowest BCUT2D eigenvalue weighted by atomic mass is 9.91. The molecule has 2 aliphatic rings. The van der Waals surface area contributed by atoms with E-state index in [1.807, 2.05) is 11.0 Å². The van der Waals surface area contributed by atoms with Gasteiger partial charge in [-0.1, -0.05) is 18.2 Å². The van der Waals surface area contributed by atoms with Crippen LogP contribution in [0.3, 0.4) is 0 Å². The smallest absolute Gasteiger partial charge is 0.305 e. The summed E-state index contributed by atoms with van der Waals surface area (Å²) in [6, 6.07) is 10.9. The number of hydrogen-bond donors (Lipinski definition) is 0. The number of carbonyl (C=O) groups excluding carboxylic acids is 2. The van der Waals surface area contributed by atoms with E-state index in [1.165, 1.54) is 12.8 Å². The molecule has 1 aromatic rings. The first-order chi connectivity index (χ1) is 14.6. The largest absolute Gasteiger partial charge is 0.469 e. The number of rotatable bonds is 8. The zero-order valence-corrected chi connectivity index (χ0v) is 18.6. The predicted molar refractivity (Wildman–Crippen MR) is 119 cm³/mol. The van der Waals surface area contributed by atoms with Crippen LogP contribution in [0.4, 0.5) is 5.69 Å². The van der Waals surface area contributed by atoms with Crippen LogP contribution in [-0.4, -0.2) is 74.1 Å². The van der Waals surface area contributed by atoms with Crippen molar-refractivity contribution < 1.29 is 14.3 Å². The Morgan fingerprint density at radius 2 is 1.67 bits per heavy atom. The third kappa shape index (κ3) is 6.46. The monoisotopic (exact) mass is 415 g/mol. The molecule has 3 rings (SSSR count). The van der Waals surface area contributed by atoms with Crippen LogP contribution in [0, 0.1) is 5.92 Å². The van der Waals surface area contributed by atoms with Crippen molar-refractivity contribution in [2.75, 3.05) is 51.3 Å². The molecule has 2 saturated heterocycles. The summed E-state index contributed by atoms with van der Waals surface area (Å²) in [6.07, 6.45) is 5.32. The highest BCUT2D eigenvalue weighted by Gasteiger charge is 2.25. The van der Waals surface area contributed by atoms with Crippen LogP contribution in [0.15, 0.2) is 30.3 Å². The molecule has 6 nitrogen and oxygen atoms in total. The molecule has 0 radical (unpaired) electrons. The number of esters is 1. The number of anilines is 1. The molecule has 0 saturated carbocycles. The topological polar surface area (TPSA) is 53.1 Å². The summed E-state index contributed by atoms with van der Waals surface area (Å²) in [5.41, 5.74) is 1.25. The van der Waals surface area contributed by atoms with Crippen molar-refractivity contribution in [1.82, 2.24) is 9.80 Å². The Kier molecular flexibility index (Phi) is 8.55. The zero-order chi connectivity index (χ0) is 21.3. The molecule has 166 valence electrons. The first kappa shape index (κ1) is 22.6. The summed E-state index contributed by atoms with van der Waals surface area (Å²) in [5.74, 6) is 0.833. The standard InChI is InChI=1S/C24H37N3O3/c1-20(8-11-24(29)30-2)25-14-12-21(13-15-25)9-10-23(28)27-18-16-26(17-19-27)22-6-4-3-5-7-22/h3-7,20-21H,8-19H2,1-2H3/t20-/m1/s1. The molecular weight excluding hydrogens is 378 g/mol. The van der Waals surface area contributed by atoms with Crippen molar-refractivity contribution in [2.45, 2.75) is 51.5 Å². The maximum Gasteiger partial charge on any atom is 0.305 e. The maximum atomic E-state index is 12.7. The summed E-state index contributed by atoms with van der Waals surface area (Å²) in [6.45, 7) is 7.80. The summed E-state index contributed by atoms with van der Waals surface area (Å²) in [7, 11) is 1.45. The number of piperidine rings is 1. The van der Waals surface area contributed by atoms with Crippen LogP contribution in [0.2, 0.25) is 0 Å². The minimum atomic E-state index is -0.125. The molecule has 1 atom stereocenters. The normalized spacial score (nSPS) is 19.5. The van der Waals surface area contributed by atoms with Gasteiger partial charge in [0.15, 0.2) is 0 Å². The van der Waals surface area contributed by atoms with Crippen molar-refractivity contribution in [3.05, 3.63) is 30.3 Å². The Balaban J connectivity index is 1.32. The maximum absolute atomic E-state index is 12.7. The second-order valence-corrected chi connectivity index (χ2v) is 8.69. The van der Waals surface area contributed by atoms with Crippen LogP contribution in [-0.2, 0) is 14.3 Å². The van der Waals surface area contributed by atoms with Crippen molar-refractivity contribution in [3.63, 3.8) is 0 Å². The number of likely N-dealkylation sites (tertiary alicyclic amines) is 1. The Morgan fingerprint density at radius 1 is 1.00 bits per heavy atom. The van der Waals surface area contributed by atoms with Gasteiger partial charge in [0.2, 0.25) is 5.91 Å². The first-order valence-electron chi connectivity index (χ1n) is 11.5. The van der Waals surface area contributed by atoms with Crippen LogP contribution in [0.1, 0.15) is 45.4 Å². The number of para-hydroxylation sites is 1. The molecule has 2 heterocycles. The van der Waals surface area contributed by atoms with E-state index in [9.17, 15) is 9.59 Å². The molecular formula is C24H37N3O3. The Bertz CT molecular complexity index is 666. The van der Waals surface area contributed by atoms with E-state index in [2.05, 4.69) is 41.0 Å². The lowest BCUT2D eigenvalue weighted by molar-refractivity contribution is -0.141. The minimum absolute atomic E-state index is 0.125. The number of amides is 1. The van der Waals surface area contributed by atoms with E-state index >= 15 is 0 Å². The summed E-state index contributed by atoms with van der Waals surface area (Å²) < 4.78 is 4.74. The molecule has 6 heteroatoms. The quantitative estimate of drug-likeness (QED) is 0.611. The summed E-state index contributed by atoms with van der Waals surface area (Å²) in [5, 5.41) is 0. The molecule has 2 aliphatic heterocycles. The van der Waals surface area contributed by atoms with Gasteiger partial charge in [-0.2, -0.15) is 0 Å². The average Bonchev–Trinajstić information content (AvgIpc) is 2.81. The third-order valence-corrected chi connectivity index (χ3v) is 6.79.